The van der Waals surface area contributed by atoms with Crippen LogP contribution in [-0.2, 0) is 28.6 Å². The van der Waals surface area contributed by atoms with Crippen molar-refractivity contribution in [2.24, 2.45) is 0 Å². The molecule has 1 saturated heterocycles. The van der Waals surface area contributed by atoms with Crippen molar-refractivity contribution in [2.75, 3.05) is 6.67 Å². The maximum Gasteiger partial charge on any atom is 0.303 e. The molecule has 5 atom stereocenters. The highest BCUT2D eigenvalue weighted by atomic mass is 19.1. The van der Waals surface area contributed by atoms with Crippen LogP contribution < -0.4 is 5.32 Å². The molecule has 0 radical (unpaired) electrons. The lowest BCUT2D eigenvalue weighted by Crippen LogP contribution is -2.65. The molecule has 0 spiro atoms. The standard InChI is InChI=1S/C12H18FNO7/c1-5(15)14-9-11(20-7(3)17)10(19-6(2)16)8(4-13)21-12(9)18/h8-12,18H,4H2,1-3H3,(H,14,15)/t8-,9-,10+,11-,12?/m1/s1. The number of rotatable bonds is 4. The molecule has 1 amide bonds. The summed E-state index contributed by atoms with van der Waals surface area (Å²) in [6.07, 6.45) is -5.46. The van der Waals surface area contributed by atoms with E-state index in [0.29, 0.717) is 0 Å². The molecule has 0 bridgehead atoms. The Morgan fingerprint density at radius 1 is 1.14 bits per heavy atom. The van der Waals surface area contributed by atoms with Gasteiger partial charge in [-0.2, -0.15) is 0 Å². The zero-order valence-electron chi connectivity index (χ0n) is 11.9. The van der Waals surface area contributed by atoms with E-state index in [-0.39, 0.29) is 0 Å². The van der Waals surface area contributed by atoms with Gasteiger partial charge in [0.25, 0.3) is 0 Å². The molecule has 0 aromatic carbocycles. The molecule has 9 heteroatoms. The van der Waals surface area contributed by atoms with Crippen LogP contribution in [0.1, 0.15) is 20.8 Å². The summed E-state index contributed by atoms with van der Waals surface area (Å²) >= 11 is 0. The van der Waals surface area contributed by atoms with Gasteiger partial charge in [-0.25, -0.2) is 4.39 Å². The van der Waals surface area contributed by atoms with E-state index in [1.54, 1.807) is 0 Å². The zero-order valence-corrected chi connectivity index (χ0v) is 11.9. The average Bonchev–Trinajstić information content (AvgIpc) is 2.35. The van der Waals surface area contributed by atoms with Gasteiger partial charge in [0.15, 0.2) is 18.5 Å². The minimum Gasteiger partial charge on any atom is -0.456 e. The predicted octanol–water partition coefficient (Wildman–Crippen LogP) is -0.959. The largest absolute Gasteiger partial charge is 0.456 e. The quantitative estimate of drug-likeness (QED) is 0.643. The predicted molar refractivity (Wildman–Crippen MR) is 65.6 cm³/mol. The average molecular weight is 307 g/mol. The summed E-state index contributed by atoms with van der Waals surface area (Å²) in [4.78, 5) is 33.5. The van der Waals surface area contributed by atoms with Gasteiger partial charge in [-0.1, -0.05) is 0 Å². The maximum absolute atomic E-state index is 13.0. The second-order valence-corrected chi connectivity index (χ2v) is 4.59. The van der Waals surface area contributed by atoms with E-state index in [0.717, 1.165) is 13.8 Å². The van der Waals surface area contributed by atoms with Crippen LogP contribution in [0.2, 0.25) is 0 Å². The Balaban J connectivity index is 3.08. The van der Waals surface area contributed by atoms with Gasteiger partial charge in [-0.15, -0.1) is 0 Å². The van der Waals surface area contributed by atoms with E-state index in [4.69, 9.17) is 14.2 Å². The number of hydrogen-bond acceptors (Lipinski definition) is 7. The summed E-state index contributed by atoms with van der Waals surface area (Å²) in [6, 6.07) is -1.18. The Labute approximate surface area is 120 Å². The number of halogens is 1. The molecule has 1 heterocycles. The lowest BCUT2D eigenvalue weighted by atomic mass is 9.96. The van der Waals surface area contributed by atoms with Gasteiger partial charge in [0.1, 0.15) is 18.8 Å². The molecule has 0 aromatic rings. The van der Waals surface area contributed by atoms with Gasteiger partial charge in [0.05, 0.1) is 0 Å². The first kappa shape index (κ1) is 17.3. The third kappa shape index (κ3) is 4.64. The SMILES string of the molecule is CC(=O)N[C@H]1C(O)O[C@H](CF)[C@H](OC(C)=O)[C@@H]1OC(C)=O. The molecule has 8 nitrogen and oxygen atoms in total. The first-order chi connectivity index (χ1) is 9.76. The lowest BCUT2D eigenvalue weighted by molar-refractivity contribution is -0.259. The molecule has 1 aliphatic rings. The van der Waals surface area contributed by atoms with Crippen LogP contribution in [0.15, 0.2) is 0 Å². The molecular formula is C12H18FNO7. The van der Waals surface area contributed by atoms with E-state index in [2.05, 4.69) is 5.32 Å². The number of amides is 1. The van der Waals surface area contributed by atoms with E-state index in [1.807, 2.05) is 0 Å². The summed E-state index contributed by atoms with van der Waals surface area (Å²) < 4.78 is 27.9. The molecule has 21 heavy (non-hydrogen) atoms. The fraction of sp³-hybridized carbons (Fsp3) is 0.750. The highest BCUT2D eigenvalue weighted by Gasteiger charge is 2.49. The van der Waals surface area contributed by atoms with Crippen molar-refractivity contribution in [3.8, 4) is 0 Å². The molecule has 2 N–H and O–H groups in total. The minimum atomic E-state index is -1.61. The second kappa shape index (κ2) is 7.32. The fourth-order valence-corrected chi connectivity index (χ4v) is 2.10. The first-order valence-electron chi connectivity index (χ1n) is 6.27. The number of nitrogens with one attached hydrogen (secondary N) is 1. The van der Waals surface area contributed by atoms with Crippen LogP contribution in [0.3, 0.4) is 0 Å². The molecule has 1 rings (SSSR count). The van der Waals surface area contributed by atoms with Crippen molar-refractivity contribution in [3.05, 3.63) is 0 Å². The number of aliphatic hydroxyl groups excluding tert-OH is 1. The second-order valence-electron chi connectivity index (χ2n) is 4.59. The number of aliphatic hydroxyl groups is 1. The maximum atomic E-state index is 13.0. The first-order valence-corrected chi connectivity index (χ1v) is 6.27. The van der Waals surface area contributed by atoms with Crippen molar-refractivity contribution in [1.29, 1.82) is 0 Å². The van der Waals surface area contributed by atoms with E-state index in [1.165, 1.54) is 6.92 Å². The number of esters is 2. The van der Waals surface area contributed by atoms with Crippen LogP contribution in [0, 0.1) is 0 Å². The van der Waals surface area contributed by atoms with Gasteiger partial charge in [-0.05, 0) is 0 Å². The van der Waals surface area contributed by atoms with E-state index in [9.17, 15) is 23.9 Å². The highest BCUT2D eigenvalue weighted by molar-refractivity contribution is 5.73. The number of hydrogen-bond donors (Lipinski definition) is 2. The van der Waals surface area contributed by atoms with Crippen LogP contribution in [0.25, 0.3) is 0 Å². The number of carbonyl (C=O) groups is 3. The summed E-state index contributed by atoms with van der Waals surface area (Å²) in [5.74, 6) is -2.00. The lowest BCUT2D eigenvalue weighted by Gasteiger charge is -2.42. The summed E-state index contributed by atoms with van der Waals surface area (Å²) in [7, 11) is 0. The van der Waals surface area contributed by atoms with Crippen molar-refractivity contribution in [1.82, 2.24) is 5.32 Å². The van der Waals surface area contributed by atoms with E-state index < -0.39 is 55.2 Å². The number of alkyl halides is 1. The van der Waals surface area contributed by atoms with Crippen LogP contribution in [0.5, 0.6) is 0 Å². The van der Waals surface area contributed by atoms with Crippen molar-refractivity contribution in [2.45, 2.75) is 51.4 Å². The van der Waals surface area contributed by atoms with Crippen LogP contribution in [0.4, 0.5) is 4.39 Å². The van der Waals surface area contributed by atoms with Gasteiger partial charge in [0.2, 0.25) is 5.91 Å². The Kier molecular flexibility index (Phi) is 6.03. The monoisotopic (exact) mass is 307 g/mol. The topological polar surface area (TPSA) is 111 Å². The molecular weight excluding hydrogens is 289 g/mol. The van der Waals surface area contributed by atoms with Gasteiger partial charge >= 0.3 is 11.9 Å². The normalized spacial score (nSPS) is 32.1. The van der Waals surface area contributed by atoms with Gasteiger partial charge in [-0.3, -0.25) is 14.4 Å². The van der Waals surface area contributed by atoms with Crippen molar-refractivity contribution < 1.29 is 38.1 Å². The Morgan fingerprint density at radius 3 is 2.10 bits per heavy atom. The summed E-state index contributed by atoms with van der Waals surface area (Å²) in [6.45, 7) is 2.31. The smallest absolute Gasteiger partial charge is 0.303 e. The van der Waals surface area contributed by atoms with Crippen LogP contribution in [-0.4, -0.2) is 60.3 Å². The number of carbonyl (C=O) groups excluding carboxylic acids is 3. The molecule has 0 aliphatic carbocycles. The Morgan fingerprint density at radius 2 is 1.67 bits per heavy atom. The zero-order chi connectivity index (χ0) is 16.2. The molecule has 1 fully saturated rings. The van der Waals surface area contributed by atoms with E-state index >= 15 is 0 Å². The third-order valence-corrected chi connectivity index (χ3v) is 2.79. The minimum absolute atomic E-state index is 0.528. The number of ether oxygens (including phenoxy) is 3. The third-order valence-electron chi connectivity index (χ3n) is 2.79. The molecule has 120 valence electrons. The van der Waals surface area contributed by atoms with Crippen LogP contribution >= 0.6 is 0 Å². The summed E-state index contributed by atoms with van der Waals surface area (Å²) in [5, 5.41) is 12.1. The Hall–Kier alpha value is -1.74. The summed E-state index contributed by atoms with van der Waals surface area (Å²) in [5.41, 5.74) is 0. The highest BCUT2D eigenvalue weighted by Crippen LogP contribution is 2.26. The molecule has 1 aliphatic heterocycles. The molecule has 0 aromatic heterocycles. The Bertz CT molecular complexity index is 416. The van der Waals surface area contributed by atoms with Crippen molar-refractivity contribution >= 4 is 17.8 Å². The van der Waals surface area contributed by atoms with Gasteiger partial charge in [0, 0.05) is 20.8 Å². The fourth-order valence-electron chi connectivity index (χ4n) is 2.10. The molecule has 0 saturated carbocycles. The molecule has 1 unspecified atom stereocenters. The van der Waals surface area contributed by atoms with Gasteiger partial charge < -0.3 is 24.6 Å². The van der Waals surface area contributed by atoms with Crippen molar-refractivity contribution in [3.63, 3.8) is 0 Å².